The first-order chi connectivity index (χ1) is 11.3. The lowest BCUT2D eigenvalue weighted by molar-refractivity contribution is -0.137. The summed E-state index contributed by atoms with van der Waals surface area (Å²) in [6, 6.07) is 11.7. The summed E-state index contributed by atoms with van der Waals surface area (Å²) < 4.78 is 51.3. The van der Waals surface area contributed by atoms with Crippen molar-refractivity contribution in [3.63, 3.8) is 0 Å². The number of carbonyl (C=O) groups excluding carboxylic acids is 1. The molecule has 0 fully saturated rings. The summed E-state index contributed by atoms with van der Waals surface area (Å²) in [5.41, 5.74) is 0.00482. The molecule has 0 heterocycles. The molecule has 2 rings (SSSR count). The van der Waals surface area contributed by atoms with Crippen LogP contribution < -0.4 is 5.32 Å². The minimum absolute atomic E-state index is 0.0237. The Hall–Kier alpha value is -2.37. The van der Waals surface area contributed by atoms with E-state index in [1.165, 1.54) is 0 Å². The van der Waals surface area contributed by atoms with Crippen molar-refractivity contribution < 1.29 is 22.4 Å². The number of nitrogens with one attached hydrogen (secondary N) is 1. The highest BCUT2D eigenvalue weighted by Gasteiger charge is 2.31. The lowest BCUT2D eigenvalue weighted by atomic mass is 9.97. The zero-order chi connectivity index (χ0) is 17.7. The highest BCUT2D eigenvalue weighted by Crippen LogP contribution is 2.30. The van der Waals surface area contributed by atoms with Crippen LogP contribution in [0.2, 0.25) is 0 Å². The quantitative estimate of drug-likeness (QED) is 0.789. The zero-order valence-corrected chi connectivity index (χ0v) is 13.0. The molecule has 6 heteroatoms. The van der Waals surface area contributed by atoms with E-state index in [9.17, 15) is 22.4 Å². The van der Waals surface area contributed by atoms with Gasteiger partial charge < -0.3 is 5.32 Å². The van der Waals surface area contributed by atoms with Crippen LogP contribution in [0.25, 0.3) is 0 Å². The van der Waals surface area contributed by atoms with Crippen molar-refractivity contribution in [3.8, 4) is 0 Å². The number of alkyl halides is 3. The summed E-state index contributed by atoms with van der Waals surface area (Å²) in [5.74, 6) is -1.31. The summed E-state index contributed by atoms with van der Waals surface area (Å²) >= 11 is 0. The van der Waals surface area contributed by atoms with Gasteiger partial charge in [0.05, 0.1) is 5.56 Å². The Morgan fingerprint density at radius 2 is 1.79 bits per heavy atom. The van der Waals surface area contributed by atoms with Crippen LogP contribution in [-0.2, 0) is 17.5 Å². The van der Waals surface area contributed by atoms with Crippen molar-refractivity contribution >= 4 is 5.91 Å². The fourth-order valence-corrected chi connectivity index (χ4v) is 2.37. The van der Waals surface area contributed by atoms with Crippen LogP contribution in [0, 0.1) is 5.82 Å². The van der Waals surface area contributed by atoms with Crippen LogP contribution in [0.5, 0.6) is 0 Å². The molecule has 0 spiro atoms. The SMILES string of the molecule is CC(CC(=O)NCc1cc(F)cc(C(F)(F)F)c1)c1ccccc1. The number of carbonyl (C=O) groups is 1. The second-order valence-corrected chi connectivity index (χ2v) is 5.64. The third-order valence-electron chi connectivity index (χ3n) is 3.63. The van der Waals surface area contributed by atoms with Crippen LogP contribution in [-0.4, -0.2) is 5.91 Å². The van der Waals surface area contributed by atoms with Gasteiger partial charge in [-0.2, -0.15) is 13.2 Å². The van der Waals surface area contributed by atoms with E-state index in [2.05, 4.69) is 5.32 Å². The van der Waals surface area contributed by atoms with Crippen LogP contribution in [0.15, 0.2) is 48.5 Å². The Balaban J connectivity index is 1.96. The van der Waals surface area contributed by atoms with Crippen molar-refractivity contribution in [2.45, 2.75) is 32.0 Å². The molecule has 128 valence electrons. The van der Waals surface area contributed by atoms with E-state index in [4.69, 9.17) is 0 Å². The second kappa shape index (κ2) is 7.47. The Morgan fingerprint density at radius 3 is 2.42 bits per heavy atom. The molecular weight excluding hydrogens is 322 g/mol. The van der Waals surface area contributed by atoms with E-state index < -0.39 is 17.6 Å². The number of hydrogen-bond acceptors (Lipinski definition) is 1. The molecule has 1 unspecified atom stereocenters. The van der Waals surface area contributed by atoms with Crippen LogP contribution in [0.4, 0.5) is 17.6 Å². The van der Waals surface area contributed by atoms with Gasteiger partial charge in [0.2, 0.25) is 5.91 Å². The van der Waals surface area contributed by atoms with Crippen LogP contribution >= 0.6 is 0 Å². The molecule has 1 atom stereocenters. The normalized spacial score (nSPS) is 12.7. The van der Waals surface area contributed by atoms with Crippen LogP contribution in [0.3, 0.4) is 0 Å². The standard InChI is InChI=1S/C18H17F4NO/c1-12(14-5-3-2-4-6-14)7-17(24)23-11-13-8-15(18(20,21)22)10-16(19)9-13/h2-6,8-10,12H,7,11H2,1H3,(H,23,24). The van der Waals surface area contributed by atoms with Gasteiger partial charge in [-0.1, -0.05) is 37.3 Å². The van der Waals surface area contributed by atoms with Crippen molar-refractivity contribution in [3.05, 3.63) is 71.0 Å². The fourth-order valence-electron chi connectivity index (χ4n) is 2.37. The summed E-state index contributed by atoms with van der Waals surface area (Å²) in [6.07, 6.45) is -4.42. The minimum atomic E-state index is -4.62. The van der Waals surface area contributed by atoms with Gasteiger partial charge in [-0.3, -0.25) is 4.79 Å². The molecule has 2 aromatic carbocycles. The van der Waals surface area contributed by atoms with Gasteiger partial charge >= 0.3 is 6.18 Å². The summed E-state index contributed by atoms with van der Waals surface area (Å²) in [5, 5.41) is 2.53. The van der Waals surface area contributed by atoms with Gasteiger partial charge in [-0.25, -0.2) is 4.39 Å². The maximum atomic E-state index is 13.3. The van der Waals surface area contributed by atoms with E-state index in [1.54, 1.807) is 0 Å². The van der Waals surface area contributed by atoms with Gasteiger partial charge in [0, 0.05) is 13.0 Å². The number of rotatable bonds is 5. The highest BCUT2D eigenvalue weighted by atomic mass is 19.4. The third kappa shape index (κ3) is 5.08. The smallest absolute Gasteiger partial charge is 0.352 e. The lowest BCUT2D eigenvalue weighted by Crippen LogP contribution is -2.24. The summed E-state index contributed by atoms with van der Waals surface area (Å²) in [4.78, 5) is 11.9. The minimum Gasteiger partial charge on any atom is -0.352 e. The molecule has 2 nitrogen and oxygen atoms in total. The molecule has 24 heavy (non-hydrogen) atoms. The van der Waals surface area contributed by atoms with Crippen molar-refractivity contribution in [2.75, 3.05) is 0 Å². The van der Waals surface area contributed by atoms with E-state index >= 15 is 0 Å². The van der Waals surface area contributed by atoms with Crippen LogP contribution in [0.1, 0.15) is 36.0 Å². The lowest BCUT2D eigenvalue weighted by Gasteiger charge is -2.13. The average molecular weight is 339 g/mol. The van der Waals surface area contributed by atoms with Crippen molar-refractivity contribution in [1.29, 1.82) is 0 Å². The van der Waals surface area contributed by atoms with Crippen molar-refractivity contribution in [1.82, 2.24) is 5.32 Å². The number of benzene rings is 2. The van der Waals surface area contributed by atoms with Gasteiger partial charge in [-0.05, 0) is 35.2 Å². The molecule has 0 bridgehead atoms. The first kappa shape index (κ1) is 18.0. The predicted octanol–water partition coefficient (Wildman–Crippen LogP) is 4.65. The maximum Gasteiger partial charge on any atom is 0.416 e. The van der Waals surface area contributed by atoms with Crippen molar-refractivity contribution in [2.24, 2.45) is 0 Å². The van der Waals surface area contributed by atoms with E-state index in [0.717, 1.165) is 17.7 Å². The zero-order valence-electron chi connectivity index (χ0n) is 13.0. The molecule has 0 saturated heterocycles. The Bertz CT molecular complexity index is 698. The number of amides is 1. The number of hydrogen-bond donors (Lipinski definition) is 1. The Morgan fingerprint density at radius 1 is 1.12 bits per heavy atom. The largest absolute Gasteiger partial charge is 0.416 e. The third-order valence-corrected chi connectivity index (χ3v) is 3.63. The second-order valence-electron chi connectivity index (χ2n) is 5.64. The first-order valence-corrected chi connectivity index (χ1v) is 7.44. The van der Waals surface area contributed by atoms with Gasteiger partial charge in [-0.15, -0.1) is 0 Å². The highest BCUT2D eigenvalue weighted by molar-refractivity contribution is 5.76. The molecule has 2 aromatic rings. The molecule has 0 aliphatic rings. The van der Waals surface area contributed by atoms with Gasteiger partial charge in [0.25, 0.3) is 0 Å². The Labute approximate surface area is 137 Å². The molecular formula is C18H17F4NO. The average Bonchev–Trinajstić information content (AvgIpc) is 2.52. The van der Waals surface area contributed by atoms with E-state index in [1.807, 2.05) is 37.3 Å². The van der Waals surface area contributed by atoms with Gasteiger partial charge in [0.15, 0.2) is 0 Å². The molecule has 0 radical (unpaired) electrons. The molecule has 1 N–H and O–H groups in total. The Kier molecular flexibility index (Phi) is 5.59. The summed E-state index contributed by atoms with van der Waals surface area (Å²) in [7, 11) is 0. The molecule has 1 amide bonds. The van der Waals surface area contributed by atoms with Gasteiger partial charge in [0.1, 0.15) is 5.82 Å². The topological polar surface area (TPSA) is 29.1 Å². The predicted molar refractivity (Wildman–Crippen MR) is 82.7 cm³/mol. The van der Waals surface area contributed by atoms with E-state index in [-0.39, 0.29) is 30.4 Å². The number of halogens is 4. The first-order valence-electron chi connectivity index (χ1n) is 7.44. The molecule has 0 aliphatic heterocycles. The fraction of sp³-hybridized carbons (Fsp3) is 0.278. The molecule has 0 aromatic heterocycles. The summed E-state index contributed by atoms with van der Waals surface area (Å²) in [6.45, 7) is 1.74. The van der Waals surface area contributed by atoms with E-state index in [0.29, 0.717) is 6.07 Å². The molecule has 0 aliphatic carbocycles. The monoisotopic (exact) mass is 339 g/mol. The molecule has 0 saturated carbocycles. The maximum absolute atomic E-state index is 13.3.